The SMILES string of the molecule is CC(=O)n1[nH]c(C(C)(C)C)c(C=C=C2OCCN2C)c1=O. The Labute approximate surface area is 123 Å². The third-order valence-electron chi connectivity index (χ3n) is 3.34. The second-order valence-electron chi connectivity index (χ2n) is 6.17. The summed E-state index contributed by atoms with van der Waals surface area (Å²) in [5.41, 5.74) is 3.50. The number of carbonyl (C=O) groups excluding carboxylic acids is 1. The number of H-pyrrole nitrogens is 1. The monoisotopic (exact) mass is 291 g/mol. The molecule has 1 aromatic heterocycles. The van der Waals surface area contributed by atoms with E-state index in [1.165, 1.54) is 6.92 Å². The maximum Gasteiger partial charge on any atom is 0.281 e. The highest BCUT2D eigenvalue weighted by Gasteiger charge is 2.24. The molecule has 114 valence electrons. The van der Waals surface area contributed by atoms with Crippen molar-refractivity contribution in [3.05, 3.63) is 33.2 Å². The lowest BCUT2D eigenvalue weighted by molar-refractivity contribution is 0.0916. The van der Waals surface area contributed by atoms with Crippen LogP contribution in [-0.2, 0) is 10.2 Å². The van der Waals surface area contributed by atoms with Crippen molar-refractivity contribution in [3.63, 3.8) is 0 Å². The molecule has 2 rings (SSSR count). The Morgan fingerprint density at radius 3 is 2.57 bits per heavy atom. The van der Waals surface area contributed by atoms with Crippen LogP contribution in [0, 0.1) is 0 Å². The fraction of sp³-hybridized carbons (Fsp3) is 0.533. The number of aromatic nitrogens is 2. The first-order valence-electron chi connectivity index (χ1n) is 6.89. The van der Waals surface area contributed by atoms with Gasteiger partial charge in [0.25, 0.3) is 5.56 Å². The standard InChI is InChI=1S/C15H21N3O3/c1-10(19)18-14(20)11(13(16-18)15(2,3)4)6-7-12-17(5)8-9-21-12/h6,16H,8-9H2,1-5H3. The Balaban J connectivity index is 2.60. The molecule has 1 fully saturated rings. The predicted molar refractivity (Wildman–Crippen MR) is 80.1 cm³/mol. The maximum atomic E-state index is 12.3. The molecule has 1 N–H and O–H groups in total. The van der Waals surface area contributed by atoms with Crippen LogP contribution in [-0.4, -0.2) is 40.8 Å². The van der Waals surface area contributed by atoms with Crippen LogP contribution in [0.25, 0.3) is 6.08 Å². The van der Waals surface area contributed by atoms with E-state index in [1.807, 2.05) is 32.7 Å². The summed E-state index contributed by atoms with van der Waals surface area (Å²) in [5.74, 6) is 0.261. The molecule has 0 bridgehead atoms. The molecular weight excluding hydrogens is 270 g/mol. The second kappa shape index (κ2) is 5.30. The lowest BCUT2D eigenvalue weighted by atomic mass is 9.89. The molecule has 6 heteroatoms. The molecule has 2 heterocycles. The first-order valence-corrected chi connectivity index (χ1v) is 6.89. The normalized spacial score (nSPS) is 14.9. The summed E-state index contributed by atoms with van der Waals surface area (Å²) in [6.07, 6.45) is 1.59. The van der Waals surface area contributed by atoms with E-state index in [1.54, 1.807) is 6.08 Å². The highest BCUT2D eigenvalue weighted by Crippen LogP contribution is 2.23. The molecule has 0 aliphatic carbocycles. The van der Waals surface area contributed by atoms with E-state index >= 15 is 0 Å². The van der Waals surface area contributed by atoms with Crippen LogP contribution in [0.1, 0.15) is 43.7 Å². The third kappa shape index (κ3) is 2.95. The number of aromatic amines is 1. The number of nitrogens with one attached hydrogen (secondary N) is 1. The zero-order valence-corrected chi connectivity index (χ0v) is 13.1. The first-order chi connectivity index (χ1) is 9.71. The Hall–Kier alpha value is -2.20. The van der Waals surface area contributed by atoms with E-state index < -0.39 is 0 Å². The molecule has 0 saturated carbocycles. The van der Waals surface area contributed by atoms with Gasteiger partial charge in [-0.1, -0.05) is 26.5 Å². The van der Waals surface area contributed by atoms with E-state index in [9.17, 15) is 9.59 Å². The zero-order chi connectivity index (χ0) is 15.8. The van der Waals surface area contributed by atoms with Crippen molar-refractivity contribution < 1.29 is 9.53 Å². The largest absolute Gasteiger partial charge is 0.471 e. The Morgan fingerprint density at radius 1 is 1.43 bits per heavy atom. The van der Waals surface area contributed by atoms with Crippen LogP contribution in [0.3, 0.4) is 0 Å². The van der Waals surface area contributed by atoms with E-state index in [0.717, 1.165) is 11.2 Å². The van der Waals surface area contributed by atoms with E-state index in [-0.39, 0.29) is 16.9 Å². The Morgan fingerprint density at radius 2 is 2.10 bits per heavy atom. The molecule has 0 unspecified atom stereocenters. The second-order valence-corrected chi connectivity index (χ2v) is 6.17. The molecule has 0 radical (unpaired) electrons. The summed E-state index contributed by atoms with van der Waals surface area (Å²) in [6, 6.07) is 0. The van der Waals surface area contributed by atoms with Crippen molar-refractivity contribution in [2.45, 2.75) is 33.1 Å². The van der Waals surface area contributed by atoms with Crippen LogP contribution in [0.2, 0.25) is 0 Å². The molecule has 1 saturated heterocycles. The summed E-state index contributed by atoms with van der Waals surface area (Å²) in [5, 5.41) is 2.90. The number of hydrogen-bond donors (Lipinski definition) is 1. The van der Waals surface area contributed by atoms with Crippen molar-refractivity contribution in [1.29, 1.82) is 0 Å². The summed E-state index contributed by atoms with van der Waals surface area (Å²) < 4.78 is 6.45. The Bertz CT molecular complexity index is 682. The van der Waals surface area contributed by atoms with Gasteiger partial charge in [-0.2, -0.15) is 4.68 Å². The van der Waals surface area contributed by atoms with Crippen LogP contribution in [0.4, 0.5) is 0 Å². The highest BCUT2D eigenvalue weighted by atomic mass is 16.5. The minimum absolute atomic E-state index is 0.291. The number of rotatable bonds is 1. The predicted octanol–water partition coefficient (Wildman–Crippen LogP) is 1.55. The van der Waals surface area contributed by atoms with Crippen molar-refractivity contribution in [3.8, 4) is 0 Å². The Kier molecular flexibility index (Phi) is 3.83. The molecule has 0 aromatic carbocycles. The molecule has 0 spiro atoms. The third-order valence-corrected chi connectivity index (χ3v) is 3.34. The van der Waals surface area contributed by atoms with Gasteiger partial charge < -0.3 is 9.64 Å². The molecule has 1 aromatic rings. The average molecular weight is 291 g/mol. The summed E-state index contributed by atoms with van der Waals surface area (Å²) >= 11 is 0. The maximum absolute atomic E-state index is 12.3. The van der Waals surface area contributed by atoms with Gasteiger partial charge in [-0.3, -0.25) is 14.7 Å². The molecule has 0 amide bonds. The molecule has 21 heavy (non-hydrogen) atoms. The van der Waals surface area contributed by atoms with Gasteiger partial charge >= 0.3 is 0 Å². The fourth-order valence-electron chi connectivity index (χ4n) is 2.15. The lowest BCUT2D eigenvalue weighted by Crippen LogP contribution is -2.22. The van der Waals surface area contributed by atoms with Crippen molar-refractivity contribution in [2.75, 3.05) is 20.2 Å². The average Bonchev–Trinajstić information content (AvgIpc) is 2.90. The van der Waals surface area contributed by atoms with Crippen molar-refractivity contribution >= 4 is 12.0 Å². The summed E-state index contributed by atoms with van der Waals surface area (Å²) in [4.78, 5) is 25.8. The highest BCUT2D eigenvalue weighted by molar-refractivity contribution is 5.76. The number of ether oxygens (including phenoxy) is 1. The van der Waals surface area contributed by atoms with Gasteiger partial charge in [0.05, 0.1) is 17.8 Å². The number of hydrogen-bond acceptors (Lipinski definition) is 4. The van der Waals surface area contributed by atoms with Gasteiger partial charge in [0.2, 0.25) is 11.8 Å². The van der Waals surface area contributed by atoms with Crippen molar-refractivity contribution in [1.82, 2.24) is 14.7 Å². The van der Waals surface area contributed by atoms with Crippen LogP contribution >= 0.6 is 0 Å². The van der Waals surface area contributed by atoms with Gasteiger partial charge in [0.1, 0.15) is 6.61 Å². The van der Waals surface area contributed by atoms with Gasteiger partial charge in [0, 0.05) is 25.5 Å². The van der Waals surface area contributed by atoms with Crippen LogP contribution < -0.4 is 5.56 Å². The minimum atomic E-state index is -0.360. The number of likely N-dealkylation sites (N-methyl/N-ethyl adjacent to an activating group) is 1. The minimum Gasteiger partial charge on any atom is -0.471 e. The first kappa shape index (κ1) is 15.2. The zero-order valence-electron chi connectivity index (χ0n) is 13.1. The van der Waals surface area contributed by atoms with Crippen LogP contribution in [0.5, 0.6) is 0 Å². The topological polar surface area (TPSA) is 67.3 Å². The van der Waals surface area contributed by atoms with Gasteiger partial charge in [-0.05, 0) is 0 Å². The van der Waals surface area contributed by atoms with Gasteiger partial charge in [0.15, 0.2) is 0 Å². The van der Waals surface area contributed by atoms with E-state index in [2.05, 4.69) is 10.8 Å². The smallest absolute Gasteiger partial charge is 0.281 e. The summed E-state index contributed by atoms with van der Waals surface area (Å²) in [7, 11) is 1.90. The van der Waals surface area contributed by atoms with E-state index in [4.69, 9.17) is 4.74 Å². The molecule has 6 nitrogen and oxygen atoms in total. The molecule has 0 atom stereocenters. The fourth-order valence-corrected chi connectivity index (χ4v) is 2.15. The number of nitrogens with zero attached hydrogens (tertiary/aromatic N) is 2. The van der Waals surface area contributed by atoms with Gasteiger partial charge in [-0.15, -0.1) is 0 Å². The summed E-state index contributed by atoms with van der Waals surface area (Å²) in [6.45, 7) is 8.70. The lowest BCUT2D eigenvalue weighted by Gasteiger charge is -2.17. The van der Waals surface area contributed by atoms with Crippen molar-refractivity contribution in [2.24, 2.45) is 0 Å². The molecular formula is C15H21N3O3. The quantitative estimate of drug-likeness (QED) is 0.797. The van der Waals surface area contributed by atoms with Gasteiger partial charge in [-0.25, -0.2) is 0 Å². The number of carbonyl (C=O) groups is 1. The molecule has 1 aliphatic heterocycles. The molecule has 1 aliphatic rings. The van der Waals surface area contributed by atoms with E-state index in [0.29, 0.717) is 23.7 Å². The van der Waals surface area contributed by atoms with Crippen LogP contribution in [0.15, 0.2) is 16.4 Å².